The van der Waals surface area contributed by atoms with E-state index in [0.717, 1.165) is 11.6 Å². The lowest BCUT2D eigenvalue weighted by molar-refractivity contribution is -0.384. The van der Waals surface area contributed by atoms with E-state index in [4.69, 9.17) is 20.8 Å². The van der Waals surface area contributed by atoms with E-state index in [-0.39, 0.29) is 17.9 Å². The molecule has 1 atom stereocenters. The lowest BCUT2D eigenvalue weighted by Crippen LogP contribution is -2.39. The molecule has 0 saturated carbocycles. The summed E-state index contributed by atoms with van der Waals surface area (Å²) in [7, 11) is 0. The van der Waals surface area contributed by atoms with Gasteiger partial charge in [-0.3, -0.25) is 14.9 Å². The molecule has 0 aliphatic carbocycles. The normalized spacial score (nSPS) is 11.7. The highest BCUT2D eigenvalue weighted by Gasteiger charge is 2.20. The van der Waals surface area contributed by atoms with Crippen molar-refractivity contribution >= 4 is 40.1 Å². The molecule has 10 heteroatoms. The molecule has 1 amide bonds. The van der Waals surface area contributed by atoms with Gasteiger partial charge in [0.05, 0.1) is 4.92 Å². The van der Waals surface area contributed by atoms with Gasteiger partial charge in [0.15, 0.2) is 0 Å². The van der Waals surface area contributed by atoms with Crippen LogP contribution in [0.25, 0.3) is 11.0 Å². The van der Waals surface area contributed by atoms with Crippen LogP contribution in [-0.4, -0.2) is 22.8 Å². The topological polar surface area (TPSA) is 129 Å². The number of halogens is 1. The van der Waals surface area contributed by atoms with E-state index in [1.54, 1.807) is 19.1 Å². The van der Waals surface area contributed by atoms with Crippen molar-refractivity contribution in [3.05, 3.63) is 84.7 Å². The van der Waals surface area contributed by atoms with Gasteiger partial charge in [-0.1, -0.05) is 17.7 Å². The van der Waals surface area contributed by atoms with Gasteiger partial charge in [0.1, 0.15) is 18.2 Å². The van der Waals surface area contributed by atoms with Gasteiger partial charge in [-0.15, -0.1) is 0 Å². The van der Waals surface area contributed by atoms with E-state index in [9.17, 15) is 24.5 Å². The number of fused-ring (bicyclic) bond motifs is 1. The minimum Gasteiger partial charge on any atom is -0.459 e. The molecule has 160 valence electrons. The minimum atomic E-state index is -1.04. The average Bonchev–Trinajstić information content (AvgIpc) is 2.73. The molecule has 0 radical (unpaired) electrons. The standard InChI is InChI=1S/C21H17ClN2O7/c1-11-6-18-16(9-17(11)22)14(8-19(25)31-18)10-30-21(27)12(2)23-20(26)13-4-3-5-15(7-13)24(28)29/h3-9,12H,10H2,1-2H3,(H,23,26). The Morgan fingerprint density at radius 2 is 2.00 bits per heavy atom. The number of amides is 1. The number of carbonyl (C=O) groups excluding carboxylic acids is 2. The van der Waals surface area contributed by atoms with Crippen LogP contribution in [0.3, 0.4) is 0 Å². The molecule has 0 spiro atoms. The van der Waals surface area contributed by atoms with Crippen LogP contribution in [0.5, 0.6) is 0 Å². The van der Waals surface area contributed by atoms with Crippen LogP contribution < -0.4 is 10.9 Å². The van der Waals surface area contributed by atoms with Crippen LogP contribution in [0.1, 0.15) is 28.4 Å². The van der Waals surface area contributed by atoms with Crippen LogP contribution in [-0.2, 0) is 16.1 Å². The molecule has 9 nitrogen and oxygen atoms in total. The molecule has 0 aliphatic rings. The van der Waals surface area contributed by atoms with Crippen LogP contribution in [0.2, 0.25) is 5.02 Å². The number of nitro groups is 1. The Balaban J connectivity index is 1.70. The molecule has 1 heterocycles. The number of benzene rings is 2. The predicted octanol–water partition coefficient (Wildman–Crippen LogP) is 3.52. The van der Waals surface area contributed by atoms with Crippen molar-refractivity contribution in [2.45, 2.75) is 26.5 Å². The maximum atomic E-state index is 12.3. The summed E-state index contributed by atoms with van der Waals surface area (Å²) in [6, 6.07) is 8.52. The molecule has 3 rings (SSSR count). The number of nitrogens with one attached hydrogen (secondary N) is 1. The molecule has 2 aromatic carbocycles. The van der Waals surface area contributed by atoms with Crippen LogP contribution in [0.15, 0.2) is 51.7 Å². The van der Waals surface area contributed by atoms with Gasteiger partial charge in [-0.25, -0.2) is 9.59 Å². The first-order chi connectivity index (χ1) is 14.7. The lowest BCUT2D eigenvalue weighted by atomic mass is 10.1. The zero-order chi connectivity index (χ0) is 22.7. The summed E-state index contributed by atoms with van der Waals surface area (Å²) in [6.07, 6.45) is 0. The average molecular weight is 445 g/mol. The third-order valence-electron chi connectivity index (χ3n) is 4.50. The fourth-order valence-electron chi connectivity index (χ4n) is 2.84. The van der Waals surface area contributed by atoms with Crippen molar-refractivity contribution in [2.24, 2.45) is 0 Å². The van der Waals surface area contributed by atoms with Crippen molar-refractivity contribution in [1.29, 1.82) is 0 Å². The molecule has 0 bridgehead atoms. The Labute approximate surface area is 180 Å². The second-order valence-electron chi connectivity index (χ2n) is 6.80. The predicted molar refractivity (Wildman–Crippen MR) is 112 cm³/mol. The molecule has 1 aromatic heterocycles. The van der Waals surface area contributed by atoms with Gasteiger partial charge in [-0.2, -0.15) is 0 Å². The highest BCUT2D eigenvalue weighted by atomic mass is 35.5. The maximum Gasteiger partial charge on any atom is 0.336 e. The SMILES string of the molecule is Cc1cc2oc(=O)cc(COC(=O)C(C)NC(=O)c3cccc([N+](=O)[O-])c3)c2cc1Cl. The number of rotatable bonds is 6. The molecular formula is C21H17ClN2O7. The number of hydrogen-bond donors (Lipinski definition) is 1. The number of carbonyl (C=O) groups is 2. The molecule has 1 N–H and O–H groups in total. The summed E-state index contributed by atoms with van der Waals surface area (Å²) in [5.41, 5.74) is 0.625. The smallest absolute Gasteiger partial charge is 0.336 e. The Bertz CT molecular complexity index is 1250. The van der Waals surface area contributed by atoms with Crippen LogP contribution >= 0.6 is 11.6 Å². The monoisotopic (exact) mass is 444 g/mol. The fraction of sp³-hybridized carbons (Fsp3) is 0.190. The van der Waals surface area contributed by atoms with E-state index in [2.05, 4.69) is 5.32 Å². The number of esters is 1. The number of ether oxygens (including phenoxy) is 1. The van der Waals surface area contributed by atoms with Gasteiger partial charge in [0, 0.05) is 39.7 Å². The summed E-state index contributed by atoms with van der Waals surface area (Å²) in [4.78, 5) is 46.7. The molecule has 3 aromatic rings. The van der Waals surface area contributed by atoms with Crippen molar-refractivity contribution in [1.82, 2.24) is 5.32 Å². The zero-order valence-electron chi connectivity index (χ0n) is 16.5. The number of nitrogens with zero attached hydrogens (tertiary/aromatic N) is 1. The number of hydrogen-bond acceptors (Lipinski definition) is 7. The largest absolute Gasteiger partial charge is 0.459 e. The Morgan fingerprint density at radius 3 is 2.71 bits per heavy atom. The Morgan fingerprint density at radius 1 is 1.26 bits per heavy atom. The molecule has 0 fully saturated rings. The third kappa shape index (κ3) is 5.07. The van der Waals surface area contributed by atoms with Crippen LogP contribution in [0.4, 0.5) is 5.69 Å². The van der Waals surface area contributed by atoms with E-state index >= 15 is 0 Å². The summed E-state index contributed by atoms with van der Waals surface area (Å²) in [6.45, 7) is 2.94. The van der Waals surface area contributed by atoms with Crippen molar-refractivity contribution in [3.8, 4) is 0 Å². The highest BCUT2D eigenvalue weighted by Crippen LogP contribution is 2.25. The summed E-state index contributed by atoms with van der Waals surface area (Å²) >= 11 is 6.14. The van der Waals surface area contributed by atoms with E-state index < -0.39 is 28.5 Å². The number of aryl methyl sites for hydroxylation is 1. The Hall–Kier alpha value is -3.72. The summed E-state index contributed by atoms with van der Waals surface area (Å²) in [5.74, 6) is -1.42. The second-order valence-corrected chi connectivity index (χ2v) is 7.21. The minimum absolute atomic E-state index is 0.0329. The van der Waals surface area contributed by atoms with E-state index in [0.29, 0.717) is 21.6 Å². The fourth-order valence-corrected chi connectivity index (χ4v) is 3.00. The highest BCUT2D eigenvalue weighted by molar-refractivity contribution is 6.32. The van der Waals surface area contributed by atoms with Crippen molar-refractivity contribution in [3.63, 3.8) is 0 Å². The van der Waals surface area contributed by atoms with Crippen molar-refractivity contribution < 1.29 is 23.7 Å². The molecule has 0 aliphatic heterocycles. The van der Waals surface area contributed by atoms with Gasteiger partial charge >= 0.3 is 11.6 Å². The molecule has 31 heavy (non-hydrogen) atoms. The second kappa shape index (κ2) is 8.97. The van der Waals surface area contributed by atoms with Gasteiger partial charge in [-0.05, 0) is 37.6 Å². The number of nitro benzene ring substituents is 1. The lowest BCUT2D eigenvalue weighted by Gasteiger charge is -2.14. The molecule has 1 unspecified atom stereocenters. The molecular weight excluding hydrogens is 428 g/mol. The van der Waals surface area contributed by atoms with Crippen LogP contribution in [0, 0.1) is 17.0 Å². The first kappa shape index (κ1) is 22.0. The zero-order valence-corrected chi connectivity index (χ0v) is 17.3. The van der Waals surface area contributed by atoms with Crippen molar-refractivity contribution in [2.75, 3.05) is 0 Å². The van der Waals surface area contributed by atoms with Gasteiger partial charge < -0.3 is 14.5 Å². The first-order valence-electron chi connectivity index (χ1n) is 9.10. The van der Waals surface area contributed by atoms with E-state index in [1.807, 2.05) is 0 Å². The maximum absolute atomic E-state index is 12.3. The quantitative estimate of drug-likeness (QED) is 0.266. The first-order valence-corrected chi connectivity index (χ1v) is 9.48. The van der Waals surface area contributed by atoms with E-state index in [1.165, 1.54) is 31.2 Å². The Kier molecular flexibility index (Phi) is 6.36. The summed E-state index contributed by atoms with van der Waals surface area (Å²) < 4.78 is 10.4. The van der Waals surface area contributed by atoms with Gasteiger partial charge in [0.2, 0.25) is 0 Å². The third-order valence-corrected chi connectivity index (χ3v) is 4.91. The summed E-state index contributed by atoms with van der Waals surface area (Å²) in [5, 5.41) is 14.3. The molecule has 0 saturated heterocycles. The van der Waals surface area contributed by atoms with Gasteiger partial charge in [0.25, 0.3) is 11.6 Å². The number of non-ortho nitro benzene ring substituents is 1.